The number of anilines is 1. The van der Waals surface area contributed by atoms with E-state index in [0.29, 0.717) is 30.7 Å². The molecule has 0 unspecified atom stereocenters. The van der Waals surface area contributed by atoms with Crippen molar-refractivity contribution in [3.05, 3.63) is 53.6 Å². The molecule has 3 aliphatic rings. The Labute approximate surface area is 216 Å². The Balaban J connectivity index is 1.23. The standard InChI is InChI=1S/C28H31N7O2/c1-18-6-3-9-22(31-18)19(2)37-24-14-20(16-30-26(24)29)23-15-25-28(11-13-35(25)33-23)10-5-12-34(17-28)27(36)32-21-7-4-8-21/h3,6,9,14-16,19,21H,4,7-8,11-13,17H2,1-2H3,(H2,29,30)(H,32,36)/t19-,28-/m1/s1. The van der Waals surface area contributed by atoms with E-state index in [9.17, 15) is 4.79 Å². The summed E-state index contributed by atoms with van der Waals surface area (Å²) in [6, 6.07) is 10.1. The van der Waals surface area contributed by atoms with Crippen molar-refractivity contribution < 1.29 is 9.53 Å². The maximum atomic E-state index is 12.8. The number of hydrogen-bond donors (Lipinski definition) is 2. The first-order chi connectivity index (χ1) is 17.9. The number of hydrogen-bond acceptors (Lipinski definition) is 6. The van der Waals surface area contributed by atoms with Crippen LogP contribution in [0, 0.1) is 18.8 Å². The van der Waals surface area contributed by atoms with Crippen LogP contribution in [-0.2, 0) is 12.0 Å². The lowest BCUT2D eigenvalue weighted by atomic mass is 9.81. The number of nitrogens with one attached hydrogen (secondary N) is 1. The molecule has 3 aromatic rings. The smallest absolute Gasteiger partial charge is 0.318 e. The minimum atomic E-state index is -0.410. The van der Waals surface area contributed by atoms with Crippen LogP contribution >= 0.6 is 0 Å². The van der Waals surface area contributed by atoms with E-state index in [1.165, 1.54) is 6.42 Å². The molecule has 9 heteroatoms. The minimum Gasteiger partial charge on any atom is -0.481 e. The Kier molecular flexibility index (Phi) is 5.75. The van der Waals surface area contributed by atoms with Gasteiger partial charge in [0.05, 0.1) is 29.0 Å². The zero-order valence-corrected chi connectivity index (χ0v) is 21.2. The molecular weight excluding hydrogens is 466 g/mol. The van der Waals surface area contributed by atoms with Crippen molar-refractivity contribution in [2.75, 3.05) is 18.8 Å². The largest absolute Gasteiger partial charge is 0.481 e. The molecule has 0 aromatic carbocycles. The SMILES string of the molecule is Cc1cccc([C@@H](C)Oc2cc(-c3cc4n(n3)CC[C@@]43C#CCN(C(=O)NC4CCC4)C3)cnc2N)n1. The number of rotatable bonds is 5. The summed E-state index contributed by atoms with van der Waals surface area (Å²) in [4.78, 5) is 23.6. The predicted octanol–water partition coefficient (Wildman–Crippen LogP) is 3.59. The highest BCUT2D eigenvalue weighted by atomic mass is 16.5. The van der Waals surface area contributed by atoms with Gasteiger partial charge in [0.2, 0.25) is 0 Å². The first-order valence-electron chi connectivity index (χ1n) is 12.9. The number of nitrogens with zero attached hydrogens (tertiary/aromatic N) is 5. The average molecular weight is 498 g/mol. The van der Waals surface area contributed by atoms with Gasteiger partial charge in [-0.1, -0.05) is 17.9 Å². The monoisotopic (exact) mass is 497 g/mol. The quantitative estimate of drug-likeness (QED) is 0.521. The fourth-order valence-electron chi connectivity index (χ4n) is 5.24. The third-order valence-electron chi connectivity index (χ3n) is 7.61. The van der Waals surface area contributed by atoms with Crippen LogP contribution in [0.5, 0.6) is 5.75 Å². The molecular formula is C28H31N7O2. The van der Waals surface area contributed by atoms with Crippen LogP contribution in [0.15, 0.2) is 36.5 Å². The number of pyridine rings is 2. The Morgan fingerprint density at radius 2 is 2.19 bits per heavy atom. The second kappa shape index (κ2) is 9.11. The molecule has 3 aromatic heterocycles. The van der Waals surface area contributed by atoms with E-state index in [1.54, 1.807) is 6.20 Å². The molecule has 5 heterocycles. The third kappa shape index (κ3) is 4.37. The maximum Gasteiger partial charge on any atom is 0.318 e. The van der Waals surface area contributed by atoms with Gasteiger partial charge in [-0.2, -0.15) is 5.10 Å². The van der Waals surface area contributed by atoms with E-state index >= 15 is 0 Å². The van der Waals surface area contributed by atoms with Gasteiger partial charge < -0.3 is 20.7 Å². The Morgan fingerprint density at radius 3 is 2.97 bits per heavy atom. The fraction of sp³-hybridized carbons (Fsp3) is 0.429. The van der Waals surface area contributed by atoms with E-state index in [2.05, 4.69) is 33.2 Å². The second-order valence-electron chi connectivity index (χ2n) is 10.3. The molecule has 37 heavy (non-hydrogen) atoms. The van der Waals surface area contributed by atoms with Crippen LogP contribution in [0.4, 0.5) is 10.6 Å². The van der Waals surface area contributed by atoms with Crippen LogP contribution in [-0.4, -0.2) is 49.8 Å². The zero-order chi connectivity index (χ0) is 25.6. The molecule has 190 valence electrons. The topological polar surface area (TPSA) is 111 Å². The van der Waals surface area contributed by atoms with Crippen molar-refractivity contribution in [2.45, 2.75) is 63.6 Å². The molecule has 1 fully saturated rings. The van der Waals surface area contributed by atoms with Gasteiger partial charge >= 0.3 is 6.03 Å². The Hall–Kier alpha value is -4.06. The van der Waals surface area contributed by atoms with E-state index in [-0.39, 0.29) is 12.1 Å². The summed E-state index contributed by atoms with van der Waals surface area (Å²) in [6.07, 6.45) is 5.58. The van der Waals surface area contributed by atoms with E-state index in [0.717, 1.165) is 54.1 Å². The summed E-state index contributed by atoms with van der Waals surface area (Å²) in [5.41, 5.74) is 10.1. The molecule has 0 saturated heterocycles. The lowest BCUT2D eigenvalue weighted by Crippen LogP contribution is -2.52. The summed E-state index contributed by atoms with van der Waals surface area (Å²) >= 11 is 0. The van der Waals surface area contributed by atoms with Gasteiger partial charge in [-0.05, 0) is 63.8 Å². The van der Waals surface area contributed by atoms with Crippen LogP contribution in [0.25, 0.3) is 11.3 Å². The minimum absolute atomic E-state index is 0.0157. The highest BCUT2D eigenvalue weighted by Gasteiger charge is 2.43. The molecule has 2 aliphatic heterocycles. The number of aromatic nitrogens is 4. The van der Waals surface area contributed by atoms with E-state index < -0.39 is 5.41 Å². The van der Waals surface area contributed by atoms with Crippen molar-refractivity contribution >= 4 is 11.8 Å². The highest BCUT2D eigenvalue weighted by Crippen LogP contribution is 2.39. The van der Waals surface area contributed by atoms with E-state index in [4.69, 9.17) is 15.6 Å². The molecule has 1 saturated carbocycles. The van der Waals surface area contributed by atoms with Gasteiger partial charge in [-0.25, -0.2) is 9.78 Å². The second-order valence-corrected chi connectivity index (χ2v) is 10.3. The van der Waals surface area contributed by atoms with Gasteiger partial charge in [0.1, 0.15) is 6.10 Å². The van der Waals surface area contributed by atoms with Crippen LogP contribution in [0.3, 0.4) is 0 Å². The van der Waals surface area contributed by atoms with Gasteiger partial charge in [0, 0.05) is 36.6 Å². The van der Waals surface area contributed by atoms with E-state index in [1.807, 2.05) is 47.7 Å². The van der Waals surface area contributed by atoms with Gasteiger partial charge in [0.15, 0.2) is 11.6 Å². The average Bonchev–Trinajstić information content (AvgIpc) is 3.44. The highest BCUT2D eigenvalue weighted by molar-refractivity contribution is 5.76. The van der Waals surface area contributed by atoms with Gasteiger partial charge in [-0.3, -0.25) is 9.67 Å². The Morgan fingerprint density at radius 1 is 1.32 bits per heavy atom. The molecule has 0 bridgehead atoms. The number of carbonyl (C=O) groups excluding carboxylic acids is 1. The molecule has 9 nitrogen and oxygen atoms in total. The number of aryl methyl sites for hydroxylation is 2. The van der Waals surface area contributed by atoms with Crippen molar-refractivity contribution in [3.63, 3.8) is 0 Å². The van der Waals surface area contributed by atoms with Gasteiger partial charge in [0.25, 0.3) is 0 Å². The fourth-order valence-corrected chi connectivity index (χ4v) is 5.24. The lowest BCUT2D eigenvalue weighted by Gasteiger charge is -2.35. The first kappa shape index (κ1) is 23.3. The van der Waals surface area contributed by atoms with Crippen molar-refractivity contribution in [2.24, 2.45) is 0 Å². The molecule has 2 atom stereocenters. The van der Waals surface area contributed by atoms with Crippen LogP contribution < -0.4 is 15.8 Å². The zero-order valence-electron chi connectivity index (χ0n) is 21.2. The molecule has 0 radical (unpaired) electrons. The number of nitrogen functional groups attached to an aromatic ring is 1. The van der Waals surface area contributed by atoms with Crippen molar-refractivity contribution in [1.82, 2.24) is 30.0 Å². The van der Waals surface area contributed by atoms with Crippen molar-refractivity contribution in [1.29, 1.82) is 0 Å². The maximum absolute atomic E-state index is 12.8. The molecule has 6 rings (SSSR count). The normalized spacial score (nSPS) is 21.1. The molecule has 1 aliphatic carbocycles. The molecule has 2 amide bonds. The van der Waals surface area contributed by atoms with Crippen molar-refractivity contribution in [3.8, 4) is 28.8 Å². The number of nitrogens with two attached hydrogens (primary N) is 1. The number of carbonyl (C=O) groups is 1. The Bertz CT molecular complexity index is 1420. The lowest BCUT2D eigenvalue weighted by molar-refractivity contribution is 0.182. The third-order valence-corrected chi connectivity index (χ3v) is 7.61. The number of fused-ring (bicyclic) bond motifs is 2. The molecule has 1 spiro atoms. The number of amides is 2. The van der Waals surface area contributed by atoms with Crippen LogP contribution in [0.1, 0.15) is 55.8 Å². The predicted molar refractivity (Wildman–Crippen MR) is 140 cm³/mol. The summed E-state index contributed by atoms with van der Waals surface area (Å²) in [7, 11) is 0. The van der Waals surface area contributed by atoms with Gasteiger partial charge in [-0.15, -0.1) is 0 Å². The van der Waals surface area contributed by atoms with Crippen LogP contribution in [0.2, 0.25) is 0 Å². The summed E-state index contributed by atoms with van der Waals surface area (Å²) in [5, 5.41) is 8.00. The molecule has 3 N–H and O–H groups in total. The summed E-state index contributed by atoms with van der Waals surface area (Å²) < 4.78 is 8.17. The number of urea groups is 1. The summed E-state index contributed by atoms with van der Waals surface area (Å²) in [5.74, 6) is 7.49. The number of ether oxygens (including phenoxy) is 1. The summed E-state index contributed by atoms with van der Waals surface area (Å²) in [6.45, 7) is 5.67. The first-order valence-corrected chi connectivity index (χ1v) is 12.9.